The van der Waals surface area contributed by atoms with Gasteiger partial charge in [0.2, 0.25) is 5.13 Å². The fourth-order valence-corrected chi connectivity index (χ4v) is 3.41. The molecule has 1 N–H and O–H groups in total. The Balaban J connectivity index is 1.46. The normalized spacial score (nSPS) is 11.5. The standard InChI is InChI=1S/C22H17N3S/c1-2-8-17(9-3-1)10-7-15-23-25-22-24-21(16-26-22)20-14-6-12-18-11-4-5-13-19(18)20/h1-16H,(H,24,25). The van der Waals surface area contributed by atoms with Crippen molar-refractivity contribution < 1.29 is 0 Å². The van der Waals surface area contributed by atoms with Gasteiger partial charge in [-0.15, -0.1) is 11.3 Å². The van der Waals surface area contributed by atoms with E-state index in [-0.39, 0.29) is 0 Å². The zero-order valence-corrected chi connectivity index (χ0v) is 14.9. The molecular formula is C22H17N3S. The van der Waals surface area contributed by atoms with E-state index >= 15 is 0 Å². The molecule has 0 amide bonds. The molecule has 1 heterocycles. The number of rotatable bonds is 5. The Morgan fingerprint density at radius 2 is 1.69 bits per heavy atom. The molecule has 3 nitrogen and oxygen atoms in total. The summed E-state index contributed by atoms with van der Waals surface area (Å²) in [5.74, 6) is 0. The van der Waals surface area contributed by atoms with Crippen molar-refractivity contribution in [3.05, 3.63) is 89.8 Å². The predicted octanol–water partition coefficient (Wildman–Crippen LogP) is 6.07. The molecule has 1 aromatic heterocycles. The van der Waals surface area contributed by atoms with E-state index in [1.54, 1.807) is 17.6 Å². The zero-order valence-electron chi connectivity index (χ0n) is 14.0. The number of nitrogens with one attached hydrogen (secondary N) is 1. The minimum atomic E-state index is 0.775. The largest absolute Gasteiger partial charge is 0.253 e. The lowest BCUT2D eigenvalue weighted by Crippen LogP contribution is -1.88. The highest BCUT2D eigenvalue weighted by Crippen LogP contribution is 2.30. The van der Waals surface area contributed by atoms with E-state index in [0.717, 1.165) is 22.0 Å². The molecule has 3 aromatic carbocycles. The first kappa shape index (κ1) is 16.2. The number of hydrogen-bond acceptors (Lipinski definition) is 4. The van der Waals surface area contributed by atoms with Gasteiger partial charge >= 0.3 is 0 Å². The lowest BCUT2D eigenvalue weighted by atomic mass is 10.0. The third-order valence-corrected chi connectivity index (χ3v) is 4.73. The number of nitrogens with zero attached hydrogens (tertiary/aromatic N) is 2. The fraction of sp³-hybridized carbons (Fsp3) is 0. The van der Waals surface area contributed by atoms with Gasteiger partial charge in [0.1, 0.15) is 0 Å². The number of hydrogen-bond donors (Lipinski definition) is 1. The van der Waals surface area contributed by atoms with Gasteiger partial charge < -0.3 is 0 Å². The maximum atomic E-state index is 4.66. The second-order valence-corrected chi connectivity index (χ2v) is 6.58. The summed E-state index contributed by atoms with van der Waals surface area (Å²) in [5.41, 5.74) is 6.24. The summed E-state index contributed by atoms with van der Waals surface area (Å²) in [7, 11) is 0. The summed E-state index contributed by atoms with van der Waals surface area (Å²) in [6.45, 7) is 0. The number of fused-ring (bicyclic) bond motifs is 1. The topological polar surface area (TPSA) is 37.3 Å². The van der Waals surface area contributed by atoms with E-state index in [4.69, 9.17) is 0 Å². The number of benzene rings is 3. The molecule has 0 saturated carbocycles. The molecule has 4 rings (SSSR count). The maximum absolute atomic E-state index is 4.66. The summed E-state index contributed by atoms with van der Waals surface area (Å²) in [5, 5.41) is 9.47. The Labute approximate surface area is 156 Å². The summed E-state index contributed by atoms with van der Waals surface area (Å²) in [6.07, 6.45) is 5.64. The van der Waals surface area contributed by atoms with Crippen molar-refractivity contribution in [2.24, 2.45) is 5.10 Å². The van der Waals surface area contributed by atoms with Crippen LogP contribution in [0.15, 0.2) is 89.4 Å². The molecule has 0 radical (unpaired) electrons. The van der Waals surface area contributed by atoms with Crippen molar-refractivity contribution in [1.29, 1.82) is 0 Å². The molecule has 4 heteroatoms. The van der Waals surface area contributed by atoms with Crippen LogP contribution in [0, 0.1) is 0 Å². The van der Waals surface area contributed by atoms with Gasteiger partial charge in [-0.2, -0.15) is 5.10 Å². The quantitative estimate of drug-likeness (QED) is 0.348. The van der Waals surface area contributed by atoms with Crippen LogP contribution in [0.5, 0.6) is 0 Å². The van der Waals surface area contributed by atoms with Gasteiger partial charge in [0.25, 0.3) is 0 Å². The predicted molar refractivity (Wildman–Crippen MR) is 113 cm³/mol. The number of aromatic nitrogens is 1. The minimum absolute atomic E-state index is 0.775. The molecule has 0 unspecified atom stereocenters. The summed E-state index contributed by atoms with van der Waals surface area (Å²) < 4.78 is 0. The van der Waals surface area contributed by atoms with Crippen LogP contribution in [-0.4, -0.2) is 11.2 Å². The molecule has 0 spiro atoms. The Morgan fingerprint density at radius 1 is 0.885 bits per heavy atom. The highest BCUT2D eigenvalue weighted by atomic mass is 32.1. The fourth-order valence-electron chi connectivity index (χ4n) is 2.75. The average Bonchev–Trinajstić information content (AvgIpc) is 3.17. The molecule has 0 aliphatic heterocycles. The molecule has 0 atom stereocenters. The summed E-state index contributed by atoms with van der Waals surface area (Å²) in [6, 6.07) is 24.8. The molecule has 0 saturated heterocycles. The number of hydrazone groups is 1. The third-order valence-electron chi connectivity index (χ3n) is 3.98. The van der Waals surface area contributed by atoms with Gasteiger partial charge in [0.05, 0.1) is 5.69 Å². The van der Waals surface area contributed by atoms with Crippen LogP contribution in [0.3, 0.4) is 0 Å². The van der Waals surface area contributed by atoms with Crippen molar-refractivity contribution in [3.63, 3.8) is 0 Å². The molecule has 126 valence electrons. The van der Waals surface area contributed by atoms with Crippen LogP contribution in [-0.2, 0) is 0 Å². The molecule has 4 aromatic rings. The minimum Gasteiger partial charge on any atom is -0.253 e. The van der Waals surface area contributed by atoms with E-state index in [9.17, 15) is 0 Å². The van der Waals surface area contributed by atoms with Crippen LogP contribution in [0.25, 0.3) is 28.1 Å². The second kappa shape index (κ2) is 7.76. The van der Waals surface area contributed by atoms with Crippen LogP contribution in [0.1, 0.15) is 5.56 Å². The van der Waals surface area contributed by atoms with Crippen molar-refractivity contribution in [2.45, 2.75) is 0 Å². The smallest absolute Gasteiger partial charge is 0.203 e. The third kappa shape index (κ3) is 3.71. The molecular weight excluding hydrogens is 338 g/mol. The van der Waals surface area contributed by atoms with Crippen LogP contribution >= 0.6 is 11.3 Å². The van der Waals surface area contributed by atoms with E-state index in [1.165, 1.54) is 10.8 Å². The van der Waals surface area contributed by atoms with Crippen molar-refractivity contribution in [3.8, 4) is 11.3 Å². The first-order valence-corrected chi connectivity index (χ1v) is 9.22. The Kier molecular flexibility index (Phi) is 4.85. The van der Waals surface area contributed by atoms with Crippen molar-refractivity contribution in [1.82, 2.24) is 4.98 Å². The van der Waals surface area contributed by atoms with E-state index < -0.39 is 0 Å². The van der Waals surface area contributed by atoms with E-state index in [2.05, 4.69) is 75.5 Å². The van der Waals surface area contributed by atoms with Crippen LogP contribution < -0.4 is 5.43 Å². The van der Waals surface area contributed by atoms with Gasteiger partial charge in [0.15, 0.2) is 0 Å². The summed E-state index contributed by atoms with van der Waals surface area (Å²) >= 11 is 1.55. The van der Waals surface area contributed by atoms with E-state index in [0.29, 0.717) is 0 Å². The number of anilines is 1. The lowest BCUT2D eigenvalue weighted by Gasteiger charge is -2.03. The second-order valence-electron chi connectivity index (χ2n) is 5.72. The van der Waals surface area contributed by atoms with Gasteiger partial charge in [0, 0.05) is 17.2 Å². The van der Waals surface area contributed by atoms with Crippen molar-refractivity contribution in [2.75, 3.05) is 5.43 Å². The van der Waals surface area contributed by atoms with Gasteiger partial charge in [-0.25, -0.2) is 4.98 Å². The monoisotopic (exact) mass is 355 g/mol. The maximum Gasteiger partial charge on any atom is 0.203 e. The Hall–Kier alpha value is -3.24. The Morgan fingerprint density at radius 3 is 2.62 bits per heavy atom. The molecule has 0 aliphatic carbocycles. The highest BCUT2D eigenvalue weighted by molar-refractivity contribution is 7.14. The SMILES string of the molecule is C(=Cc1ccccc1)C=NNc1nc(-c2cccc3ccccc23)cs1. The van der Waals surface area contributed by atoms with Crippen molar-refractivity contribution >= 4 is 39.5 Å². The van der Waals surface area contributed by atoms with Crippen LogP contribution in [0.4, 0.5) is 5.13 Å². The first-order chi connectivity index (χ1) is 12.9. The van der Waals surface area contributed by atoms with Gasteiger partial charge in [-0.3, -0.25) is 5.43 Å². The summed E-state index contributed by atoms with van der Waals surface area (Å²) in [4.78, 5) is 4.66. The highest BCUT2D eigenvalue weighted by Gasteiger charge is 2.07. The van der Waals surface area contributed by atoms with Crippen LogP contribution in [0.2, 0.25) is 0 Å². The van der Waals surface area contributed by atoms with E-state index in [1.807, 2.05) is 30.4 Å². The van der Waals surface area contributed by atoms with Gasteiger partial charge in [-0.05, 0) is 22.4 Å². The zero-order chi connectivity index (χ0) is 17.6. The lowest BCUT2D eigenvalue weighted by molar-refractivity contribution is 1.29. The molecule has 26 heavy (non-hydrogen) atoms. The number of allylic oxidation sites excluding steroid dienone is 1. The molecule has 0 fully saturated rings. The molecule has 0 aliphatic rings. The first-order valence-electron chi connectivity index (χ1n) is 8.34. The Bertz CT molecular complexity index is 1060. The molecule has 0 bridgehead atoms. The van der Waals surface area contributed by atoms with Gasteiger partial charge in [-0.1, -0.05) is 78.9 Å². The average molecular weight is 355 g/mol. The number of thiazole rings is 1.